The van der Waals surface area contributed by atoms with Crippen molar-refractivity contribution in [1.29, 1.82) is 0 Å². The normalized spacial score (nSPS) is 11.7. The van der Waals surface area contributed by atoms with Gasteiger partial charge in [0.1, 0.15) is 11.6 Å². The lowest BCUT2D eigenvalue weighted by Crippen LogP contribution is -2.06. The SMILES string of the molecule is Cc1c(CS(C)(=O)=O)cc(F)cc1-c1cccc2c(CCCOc3cccc4ccccc34)c(OC(=O)O)[nH]c12. The molecular weight excluding hydrogens is 533 g/mol. The van der Waals surface area contributed by atoms with Gasteiger partial charge in [-0.3, -0.25) is 0 Å². The van der Waals surface area contributed by atoms with E-state index in [0.29, 0.717) is 52.8 Å². The number of aryl methyl sites for hydroxylation is 1. The highest BCUT2D eigenvalue weighted by atomic mass is 32.2. The molecule has 0 aliphatic rings. The van der Waals surface area contributed by atoms with Crippen molar-refractivity contribution in [3.63, 3.8) is 0 Å². The molecule has 2 N–H and O–H groups in total. The van der Waals surface area contributed by atoms with E-state index in [1.807, 2.05) is 48.5 Å². The fourth-order valence-corrected chi connectivity index (χ4v) is 5.96. The Morgan fingerprint density at radius 1 is 0.975 bits per heavy atom. The predicted octanol–water partition coefficient (Wildman–Crippen LogP) is 7.05. The number of aromatic amines is 1. The Labute approximate surface area is 231 Å². The number of para-hydroxylation sites is 1. The Morgan fingerprint density at radius 2 is 1.70 bits per heavy atom. The van der Waals surface area contributed by atoms with Crippen LogP contribution >= 0.6 is 0 Å². The minimum Gasteiger partial charge on any atom is -0.493 e. The van der Waals surface area contributed by atoms with Crippen LogP contribution in [0.25, 0.3) is 32.8 Å². The summed E-state index contributed by atoms with van der Waals surface area (Å²) in [5.41, 5.74) is 3.35. The lowest BCUT2D eigenvalue weighted by molar-refractivity contribution is 0.142. The zero-order valence-corrected chi connectivity index (χ0v) is 22.8. The van der Waals surface area contributed by atoms with E-state index >= 15 is 0 Å². The molecule has 0 atom stereocenters. The van der Waals surface area contributed by atoms with Gasteiger partial charge in [-0.1, -0.05) is 54.6 Å². The Kier molecular flexibility index (Phi) is 7.49. The monoisotopic (exact) mass is 561 g/mol. The largest absolute Gasteiger partial charge is 0.512 e. The van der Waals surface area contributed by atoms with Crippen LogP contribution in [0, 0.1) is 12.7 Å². The maximum absolute atomic E-state index is 14.6. The third-order valence-corrected chi connectivity index (χ3v) is 7.69. The van der Waals surface area contributed by atoms with Gasteiger partial charge in [0, 0.05) is 28.2 Å². The summed E-state index contributed by atoms with van der Waals surface area (Å²) in [5.74, 6) is 0.00791. The Hall–Kier alpha value is -4.37. The highest BCUT2D eigenvalue weighted by Gasteiger charge is 2.20. The van der Waals surface area contributed by atoms with Gasteiger partial charge in [-0.15, -0.1) is 0 Å². The van der Waals surface area contributed by atoms with Gasteiger partial charge >= 0.3 is 6.16 Å². The summed E-state index contributed by atoms with van der Waals surface area (Å²) in [6, 6.07) is 21.8. The molecule has 0 unspecified atom stereocenters. The highest BCUT2D eigenvalue weighted by Crippen LogP contribution is 2.38. The highest BCUT2D eigenvalue weighted by molar-refractivity contribution is 7.89. The van der Waals surface area contributed by atoms with Gasteiger partial charge in [-0.25, -0.2) is 17.6 Å². The van der Waals surface area contributed by atoms with Crippen LogP contribution in [0.15, 0.2) is 72.8 Å². The Balaban J connectivity index is 1.48. The van der Waals surface area contributed by atoms with Crippen LogP contribution in [0.1, 0.15) is 23.1 Å². The molecule has 0 aliphatic heterocycles. The molecule has 1 heterocycles. The lowest BCUT2D eigenvalue weighted by Gasteiger charge is -2.13. The molecule has 0 saturated heterocycles. The number of carbonyl (C=O) groups is 1. The molecule has 0 radical (unpaired) electrons. The molecule has 0 spiro atoms. The smallest absolute Gasteiger partial charge is 0.493 e. The number of rotatable bonds is 9. The number of carboxylic acid groups (broad SMARTS) is 1. The first-order chi connectivity index (χ1) is 19.1. The lowest BCUT2D eigenvalue weighted by atomic mass is 9.94. The van der Waals surface area contributed by atoms with E-state index in [9.17, 15) is 22.7 Å². The number of nitrogens with one attached hydrogen (secondary N) is 1. The number of hydrogen-bond acceptors (Lipinski definition) is 5. The van der Waals surface area contributed by atoms with Gasteiger partial charge in [0.15, 0.2) is 9.84 Å². The number of ether oxygens (including phenoxy) is 2. The molecule has 206 valence electrons. The van der Waals surface area contributed by atoms with E-state index in [1.165, 1.54) is 12.1 Å². The molecule has 5 rings (SSSR count). The molecule has 0 saturated carbocycles. The predicted molar refractivity (Wildman–Crippen MR) is 153 cm³/mol. The number of H-pyrrole nitrogens is 1. The molecule has 9 heteroatoms. The maximum atomic E-state index is 14.6. The van der Waals surface area contributed by atoms with Crippen molar-refractivity contribution in [1.82, 2.24) is 4.98 Å². The second-order valence-electron chi connectivity index (χ2n) is 9.77. The molecule has 0 amide bonds. The van der Waals surface area contributed by atoms with Crippen molar-refractivity contribution in [3.05, 3.63) is 95.3 Å². The fraction of sp³-hybridized carbons (Fsp3) is 0.194. The van der Waals surface area contributed by atoms with Gasteiger partial charge in [-0.05, 0) is 60.0 Å². The standard InChI is InChI=1S/C31H28FNO6S/c1-19-21(18-40(2,36)37)16-22(32)17-27(19)25-12-6-11-24-26(30(33-29(24)25)39-31(34)35)13-7-15-38-28-14-5-9-20-8-3-4-10-23(20)28/h3-6,8-12,14,16-17,33H,7,13,15,18H2,1-2H3,(H,34,35). The average molecular weight is 562 g/mol. The molecular formula is C31H28FNO6S. The van der Waals surface area contributed by atoms with E-state index in [-0.39, 0.29) is 11.6 Å². The number of hydrogen-bond donors (Lipinski definition) is 2. The van der Waals surface area contributed by atoms with Crippen molar-refractivity contribution in [2.75, 3.05) is 12.9 Å². The minimum atomic E-state index is -3.39. The van der Waals surface area contributed by atoms with Crippen LogP contribution < -0.4 is 9.47 Å². The number of fused-ring (bicyclic) bond motifs is 2. The van der Waals surface area contributed by atoms with Crippen molar-refractivity contribution in [2.24, 2.45) is 0 Å². The summed E-state index contributed by atoms with van der Waals surface area (Å²) >= 11 is 0. The van der Waals surface area contributed by atoms with Crippen LogP contribution in [0.2, 0.25) is 0 Å². The quantitative estimate of drug-likeness (QED) is 0.148. The Bertz CT molecular complexity index is 1840. The summed E-state index contributed by atoms with van der Waals surface area (Å²) in [6.45, 7) is 2.14. The molecule has 7 nitrogen and oxygen atoms in total. The first kappa shape index (κ1) is 27.2. The summed E-state index contributed by atoms with van der Waals surface area (Å²) in [4.78, 5) is 14.6. The molecule has 0 fully saturated rings. The minimum absolute atomic E-state index is 0.0885. The number of aromatic nitrogens is 1. The van der Waals surface area contributed by atoms with Crippen molar-refractivity contribution < 1.29 is 32.2 Å². The summed E-state index contributed by atoms with van der Waals surface area (Å²) in [5, 5.41) is 12.2. The number of sulfone groups is 1. The van der Waals surface area contributed by atoms with Gasteiger partial charge in [0.25, 0.3) is 0 Å². The molecule has 5 aromatic rings. The van der Waals surface area contributed by atoms with E-state index in [1.54, 1.807) is 19.1 Å². The van der Waals surface area contributed by atoms with Crippen LogP contribution in [0.4, 0.5) is 9.18 Å². The first-order valence-electron chi connectivity index (χ1n) is 12.7. The zero-order valence-electron chi connectivity index (χ0n) is 22.0. The third-order valence-electron chi connectivity index (χ3n) is 6.86. The fourth-order valence-electron chi connectivity index (χ4n) is 5.10. The average Bonchev–Trinajstić information content (AvgIpc) is 3.24. The number of halogens is 1. The van der Waals surface area contributed by atoms with Crippen LogP contribution in [0.3, 0.4) is 0 Å². The summed E-state index contributed by atoms with van der Waals surface area (Å²) in [6.07, 6.45) is 0.680. The second kappa shape index (κ2) is 11.0. The first-order valence-corrected chi connectivity index (χ1v) is 14.8. The van der Waals surface area contributed by atoms with E-state index in [2.05, 4.69) is 4.98 Å². The van der Waals surface area contributed by atoms with Gasteiger partial charge in [-0.2, -0.15) is 0 Å². The maximum Gasteiger partial charge on any atom is 0.512 e. The van der Waals surface area contributed by atoms with Gasteiger partial charge in [0.05, 0.1) is 17.9 Å². The van der Waals surface area contributed by atoms with Gasteiger partial charge < -0.3 is 19.6 Å². The van der Waals surface area contributed by atoms with E-state index in [0.717, 1.165) is 28.2 Å². The van der Waals surface area contributed by atoms with Crippen molar-refractivity contribution >= 4 is 37.7 Å². The molecule has 1 aromatic heterocycles. The van der Waals surface area contributed by atoms with Crippen molar-refractivity contribution in [3.8, 4) is 22.8 Å². The van der Waals surface area contributed by atoms with E-state index < -0.39 is 21.8 Å². The molecule has 4 aromatic carbocycles. The molecule has 40 heavy (non-hydrogen) atoms. The van der Waals surface area contributed by atoms with Crippen LogP contribution in [-0.4, -0.2) is 37.5 Å². The number of benzene rings is 4. The Morgan fingerprint density at radius 3 is 2.48 bits per heavy atom. The van der Waals surface area contributed by atoms with Crippen LogP contribution in [0.5, 0.6) is 11.6 Å². The van der Waals surface area contributed by atoms with Crippen LogP contribution in [-0.2, 0) is 22.0 Å². The molecule has 0 aliphatic carbocycles. The summed E-state index contributed by atoms with van der Waals surface area (Å²) in [7, 11) is -3.39. The zero-order chi connectivity index (χ0) is 28.4. The topological polar surface area (TPSA) is 106 Å². The molecule has 0 bridgehead atoms. The van der Waals surface area contributed by atoms with Gasteiger partial charge in [0.2, 0.25) is 5.88 Å². The van der Waals surface area contributed by atoms with E-state index in [4.69, 9.17) is 9.47 Å². The van der Waals surface area contributed by atoms with Crippen molar-refractivity contribution in [2.45, 2.75) is 25.5 Å². The third kappa shape index (κ3) is 5.79. The second-order valence-corrected chi connectivity index (χ2v) is 11.9. The summed E-state index contributed by atoms with van der Waals surface area (Å²) < 4.78 is 49.7.